The van der Waals surface area contributed by atoms with Gasteiger partial charge in [0.15, 0.2) is 11.4 Å². The number of ether oxygens (including phenoxy) is 1. The molecule has 0 atom stereocenters. The maximum Gasteiger partial charge on any atom is 0.415 e. The lowest BCUT2D eigenvalue weighted by Crippen LogP contribution is -2.23. The first-order chi connectivity index (χ1) is 7.36. The molecule has 1 aliphatic rings. The number of cyclic esters (lactones) is 1. The third-order valence-electron chi connectivity index (χ3n) is 2.37. The SMILES string of the molecule is O=C1OCCN1c1noc2ccccc12. The quantitative estimate of drug-likeness (QED) is 0.710. The van der Waals surface area contributed by atoms with Gasteiger partial charge in [-0.1, -0.05) is 17.3 Å². The second kappa shape index (κ2) is 2.98. The first-order valence-electron chi connectivity index (χ1n) is 4.65. The summed E-state index contributed by atoms with van der Waals surface area (Å²) in [6.45, 7) is 0.926. The molecule has 0 aliphatic carbocycles. The van der Waals surface area contributed by atoms with Crippen LogP contribution in [-0.4, -0.2) is 24.4 Å². The van der Waals surface area contributed by atoms with E-state index in [2.05, 4.69) is 5.16 Å². The van der Waals surface area contributed by atoms with Gasteiger partial charge in [-0.25, -0.2) is 4.79 Å². The summed E-state index contributed by atoms with van der Waals surface area (Å²) in [5.74, 6) is 0.535. The van der Waals surface area contributed by atoms with Gasteiger partial charge in [0.2, 0.25) is 0 Å². The Morgan fingerprint density at radius 3 is 3.00 bits per heavy atom. The summed E-state index contributed by atoms with van der Waals surface area (Å²) in [5.41, 5.74) is 0.673. The molecule has 0 saturated carbocycles. The standard InChI is InChI=1S/C10H8N2O3/c13-10-12(5-6-14-10)9-7-3-1-2-4-8(7)15-11-9/h1-4H,5-6H2. The lowest BCUT2D eigenvalue weighted by atomic mass is 10.2. The number of anilines is 1. The van der Waals surface area contributed by atoms with E-state index in [-0.39, 0.29) is 6.09 Å². The minimum Gasteiger partial charge on any atom is -0.447 e. The molecule has 1 saturated heterocycles. The minimum atomic E-state index is -0.367. The monoisotopic (exact) mass is 204 g/mol. The Labute approximate surface area is 85.2 Å². The van der Waals surface area contributed by atoms with E-state index in [4.69, 9.17) is 9.26 Å². The molecule has 1 amide bonds. The second-order valence-corrected chi connectivity index (χ2v) is 3.27. The van der Waals surface area contributed by atoms with E-state index in [0.717, 1.165) is 5.39 Å². The maximum atomic E-state index is 11.3. The Morgan fingerprint density at radius 1 is 1.33 bits per heavy atom. The molecule has 1 aromatic carbocycles. The molecule has 5 heteroatoms. The molecule has 0 unspecified atom stereocenters. The molecule has 0 spiro atoms. The Bertz CT molecular complexity index is 520. The van der Waals surface area contributed by atoms with Crippen LogP contribution in [0, 0.1) is 0 Å². The van der Waals surface area contributed by atoms with Gasteiger partial charge in [0.25, 0.3) is 0 Å². The molecule has 3 rings (SSSR count). The van der Waals surface area contributed by atoms with Crippen LogP contribution in [0.3, 0.4) is 0 Å². The Balaban J connectivity index is 2.14. The summed E-state index contributed by atoms with van der Waals surface area (Å²) >= 11 is 0. The van der Waals surface area contributed by atoms with Crippen LogP contribution in [0.4, 0.5) is 10.6 Å². The predicted molar refractivity (Wildman–Crippen MR) is 52.7 cm³/mol. The van der Waals surface area contributed by atoms with Crippen molar-refractivity contribution < 1.29 is 14.1 Å². The molecule has 0 bridgehead atoms. The van der Waals surface area contributed by atoms with Crippen molar-refractivity contribution in [2.75, 3.05) is 18.1 Å². The summed E-state index contributed by atoms with van der Waals surface area (Å²) in [5, 5.41) is 4.71. The normalized spacial score (nSPS) is 16.0. The van der Waals surface area contributed by atoms with E-state index in [1.54, 1.807) is 0 Å². The fourth-order valence-electron chi connectivity index (χ4n) is 1.65. The number of fused-ring (bicyclic) bond motifs is 1. The second-order valence-electron chi connectivity index (χ2n) is 3.27. The smallest absolute Gasteiger partial charge is 0.415 e. The lowest BCUT2D eigenvalue weighted by Gasteiger charge is -2.07. The predicted octanol–water partition coefficient (Wildman–Crippen LogP) is 1.78. The van der Waals surface area contributed by atoms with E-state index in [9.17, 15) is 4.79 Å². The van der Waals surface area contributed by atoms with Crippen LogP contribution in [0.2, 0.25) is 0 Å². The number of benzene rings is 1. The molecule has 2 aromatic rings. The molecule has 1 fully saturated rings. The van der Waals surface area contributed by atoms with Crippen molar-refractivity contribution in [1.29, 1.82) is 0 Å². The number of carbonyl (C=O) groups excluding carboxylic acids is 1. The van der Waals surface area contributed by atoms with E-state index >= 15 is 0 Å². The van der Waals surface area contributed by atoms with Crippen molar-refractivity contribution in [2.24, 2.45) is 0 Å². The van der Waals surface area contributed by atoms with Gasteiger partial charge in [0, 0.05) is 0 Å². The van der Waals surface area contributed by atoms with Crippen molar-refractivity contribution >= 4 is 22.9 Å². The molecule has 1 aliphatic heterocycles. The van der Waals surface area contributed by atoms with Crippen LogP contribution >= 0.6 is 0 Å². The molecule has 2 heterocycles. The van der Waals surface area contributed by atoms with E-state index in [0.29, 0.717) is 24.6 Å². The maximum absolute atomic E-state index is 11.3. The Morgan fingerprint density at radius 2 is 2.20 bits per heavy atom. The van der Waals surface area contributed by atoms with Gasteiger partial charge in [-0.2, -0.15) is 0 Å². The molecule has 0 N–H and O–H groups in total. The average Bonchev–Trinajstić information content (AvgIpc) is 2.83. The van der Waals surface area contributed by atoms with Crippen molar-refractivity contribution in [3.8, 4) is 0 Å². The van der Waals surface area contributed by atoms with Crippen molar-refractivity contribution in [3.05, 3.63) is 24.3 Å². The Kier molecular flexibility index (Phi) is 1.65. The first kappa shape index (κ1) is 8.28. The number of amides is 1. The fourth-order valence-corrected chi connectivity index (χ4v) is 1.65. The number of hydrogen-bond acceptors (Lipinski definition) is 4. The molecule has 15 heavy (non-hydrogen) atoms. The lowest BCUT2D eigenvalue weighted by molar-refractivity contribution is 0.181. The number of carbonyl (C=O) groups is 1. The summed E-state index contributed by atoms with van der Waals surface area (Å²) in [6, 6.07) is 7.42. The molecule has 1 aromatic heterocycles. The molecule has 76 valence electrons. The van der Waals surface area contributed by atoms with Crippen LogP contribution < -0.4 is 4.90 Å². The summed E-state index contributed by atoms with van der Waals surface area (Å²) < 4.78 is 9.95. The van der Waals surface area contributed by atoms with E-state index in [1.165, 1.54) is 4.90 Å². The highest BCUT2D eigenvalue weighted by Gasteiger charge is 2.27. The van der Waals surface area contributed by atoms with Crippen molar-refractivity contribution in [2.45, 2.75) is 0 Å². The third-order valence-corrected chi connectivity index (χ3v) is 2.37. The third kappa shape index (κ3) is 1.16. The van der Waals surface area contributed by atoms with E-state index in [1.807, 2.05) is 24.3 Å². The van der Waals surface area contributed by atoms with Gasteiger partial charge in [-0.15, -0.1) is 0 Å². The summed E-state index contributed by atoms with van der Waals surface area (Å²) in [4.78, 5) is 12.8. The van der Waals surface area contributed by atoms with Gasteiger partial charge < -0.3 is 9.26 Å². The van der Waals surface area contributed by atoms with Crippen molar-refractivity contribution in [3.63, 3.8) is 0 Å². The van der Waals surface area contributed by atoms with Crippen LogP contribution in [0.25, 0.3) is 11.0 Å². The van der Waals surface area contributed by atoms with E-state index < -0.39 is 0 Å². The largest absolute Gasteiger partial charge is 0.447 e. The zero-order valence-electron chi connectivity index (χ0n) is 7.84. The highest BCUT2D eigenvalue weighted by Crippen LogP contribution is 2.27. The average molecular weight is 204 g/mol. The number of aromatic nitrogens is 1. The molecular formula is C10H8N2O3. The highest BCUT2D eigenvalue weighted by molar-refractivity contribution is 5.98. The molecule has 0 radical (unpaired) electrons. The minimum absolute atomic E-state index is 0.367. The van der Waals surface area contributed by atoms with Gasteiger partial charge in [0.05, 0.1) is 11.9 Å². The van der Waals surface area contributed by atoms with Gasteiger partial charge in [0.1, 0.15) is 6.61 Å². The van der Waals surface area contributed by atoms with Crippen LogP contribution in [0.5, 0.6) is 0 Å². The Hall–Kier alpha value is -2.04. The van der Waals surface area contributed by atoms with Crippen LogP contribution in [-0.2, 0) is 4.74 Å². The van der Waals surface area contributed by atoms with Gasteiger partial charge in [-0.3, -0.25) is 4.90 Å². The van der Waals surface area contributed by atoms with Crippen LogP contribution in [0.1, 0.15) is 0 Å². The van der Waals surface area contributed by atoms with Crippen molar-refractivity contribution in [1.82, 2.24) is 5.16 Å². The van der Waals surface area contributed by atoms with Gasteiger partial charge >= 0.3 is 6.09 Å². The number of rotatable bonds is 1. The molecule has 5 nitrogen and oxygen atoms in total. The number of nitrogens with zero attached hydrogens (tertiary/aromatic N) is 2. The fraction of sp³-hybridized carbons (Fsp3) is 0.200. The zero-order chi connectivity index (χ0) is 10.3. The topological polar surface area (TPSA) is 55.6 Å². The summed E-state index contributed by atoms with van der Waals surface area (Å²) in [6.07, 6.45) is -0.367. The highest BCUT2D eigenvalue weighted by atomic mass is 16.6. The number of para-hydroxylation sites is 1. The molecular weight excluding hydrogens is 196 g/mol. The van der Waals surface area contributed by atoms with Crippen LogP contribution in [0.15, 0.2) is 28.8 Å². The summed E-state index contributed by atoms with van der Waals surface area (Å²) in [7, 11) is 0. The van der Waals surface area contributed by atoms with Gasteiger partial charge in [-0.05, 0) is 12.1 Å². The number of hydrogen-bond donors (Lipinski definition) is 0. The zero-order valence-corrected chi connectivity index (χ0v) is 7.84. The first-order valence-corrected chi connectivity index (χ1v) is 4.65.